The Bertz CT molecular complexity index is 1240. The maximum absolute atomic E-state index is 11.3. The fraction of sp³-hybridized carbons (Fsp3) is 0.345. The molecular weight excluding hydrogens is 508 g/mol. The summed E-state index contributed by atoms with van der Waals surface area (Å²) in [6, 6.07) is 20.2. The van der Waals surface area contributed by atoms with Crippen molar-refractivity contribution < 1.29 is 29.6 Å². The van der Waals surface area contributed by atoms with E-state index >= 15 is 0 Å². The second-order valence-corrected chi connectivity index (χ2v) is 9.72. The molecule has 9 heteroatoms. The number of carbonyl (C=O) groups excluding carboxylic acids is 1. The Kier molecular flexibility index (Phi) is 9.25. The van der Waals surface area contributed by atoms with Gasteiger partial charge in [-0.25, -0.2) is 0 Å². The highest BCUT2D eigenvalue weighted by atomic mass is 35.5. The van der Waals surface area contributed by atoms with Gasteiger partial charge in [-0.15, -0.1) is 0 Å². The van der Waals surface area contributed by atoms with E-state index in [2.05, 4.69) is 10.6 Å². The maximum atomic E-state index is 11.3. The van der Waals surface area contributed by atoms with Crippen LogP contribution in [0, 0.1) is 0 Å². The van der Waals surface area contributed by atoms with E-state index in [9.17, 15) is 20.1 Å². The number of carbonyl (C=O) groups is 1. The monoisotopic (exact) mass is 540 g/mol. The van der Waals surface area contributed by atoms with E-state index in [-0.39, 0.29) is 12.5 Å². The predicted molar refractivity (Wildman–Crippen MR) is 147 cm³/mol. The van der Waals surface area contributed by atoms with Gasteiger partial charge in [0.15, 0.2) is 0 Å². The van der Waals surface area contributed by atoms with Crippen LogP contribution in [0.4, 0.5) is 11.4 Å². The molecule has 1 saturated heterocycles. The molecule has 4 rings (SSSR count). The number of rotatable bonds is 9. The Morgan fingerprint density at radius 2 is 1.71 bits per heavy atom. The van der Waals surface area contributed by atoms with Crippen molar-refractivity contribution in [2.24, 2.45) is 0 Å². The first-order chi connectivity index (χ1) is 18.2. The molecule has 5 N–H and O–H groups in total. The fourth-order valence-electron chi connectivity index (χ4n) is 4.52. The summed E-state index contributed by atoms with van der Waals surface area (Å²) in [5.41, 5.74) is 3.85. The summed E-state index contributed by atoms with van der Waals surface area (Å²) < 4.78 is 11.6. The van der Waals surface area contributed by atoms with Crippen molar-refractivity contribution in [1.29, 1.82) is 0 Å². The van der Waals surface area contributed by atoms with E-state index in [1.807, 2.05) is 43.3 Å². The Balaban J connectivity index is 1.48. The van der Waals surface area contributed by atoms with E-state index in [0.717, 1.165) is 16.9 Å². The number of amides is 1. The summed E-state index contributed by atoms with van der Waals surface area (Å²) in [5.74, 6) is 0.613. The van der Waals surface area contributed by atoms with Crippen LogP contribution in [0.3, 0.4) is 0 Å². The Hall–Kier alpha value is -3.14. The average Bonchev–Trinajstić information content (AvgIpc) is 2.89. The first-order valence-electron chi connectivity index (χ1n) is 12.6. The minimum absolute atomic E-state index is 0.164. The van der Waals surface area contributed by atoms with Gasteiger partial charge >= 0.3 is 0 Å². The molecule has 0 aliphatic carbocycles. The number of hydrogen-bond donors (Lipinski definition) is 5. The van der Waals surface area contributed by atoms with E-state index in [1.165, 1.54) is 6.92 Å². The first-order valence-corrected chi connectivity index (χ1v) is 12.9. The topological polar surface area (TPSA) is 120 Å². The number of nitrogens with one attached hydrogen (secondary N) is 2. The molecule has 0 aromatic heterocycles. The summed E-state index contributed by atoms with van der Waals surface area (Å²) in [6.45, 7) is 4.12. The molecule has 5 unspecified atom stereocenters. The summed E-state index contributed by atoms with van der Waals surface area (Å²) in [6.07, 6.45) is -5.17. The van der Waals surface area contributed by atoms with Gasteiger partial charge in [0, 0.05) is 29.9 Å². The Morgan fingerprint density at radius 3 is 2.42 bits per heavy atom. The molecular formula is C29H33ClN2O6. The smallest absolute Gasteiger partial charge is 0.221 e. The SMILES string of the molecule is CCOc1ccc(Cc2cc(C3OC(CNc4cccc(NC(C)=O)c4)C(O)C(O)C3O)ccc2Cl)cc1. The second kappa shape index (κ2) is 12.6. The minimum Gasteiger partial charge on any atom is -0.494 e. The zero-order valence-electron chi connectivity index (χ0n) is 21.3. The van der Waals surface area contributed by atoms with Gasteiger partial charge in [-0.2, -0.15) is 0 Å². The average molecular weight is 541 g/mol. The highest BCUT2D eigenvalue weighted by Gasteiger charge is 2.44. The normalized spacial score (nSPS) is 23.1. The van der Waals surface area contributed by atoms with Crippen LogP contribution in [0.15, 0.2) is 66.7 Å². The number of hydrogen-bond acceptors (Lipinski definition) is 7. The zero-order valence-corrected chi connectivity index (χ0v) is 22.1. The van der Waals surface area contributed by atoms with Crippen molar-refractivity contribution in [2.75, 3.05) is 23.8 Å². The number of benzene rings is 3. The number of halogens is 1. The highest BCUT2D eigenvalue weighted by molar-refractivity contribution is 6.31. The van der Waals surface area contributed by atoms with Crippen LogP contribution in [0.2, 0.25) is 5.02 Å². The van der Waals surface area contributed by atoms with Crippen LogP contribution in [-0.4, -0.2) is 58.8 Å². The maximum Gasteiger partial charge on any atom is 0.221 e. The lowest BCUT2D eigenvalue weighted by Gasteiger charge is -2.41. The number of anilines is 2. The number of ether oxygens (including phenoxy) is 2. The van der Waals surface area contributed by atoms with E-state index < -0.39 is 30.5 Å². The minimum atomic E-state index is -1.41. The quantitative estimate of drug-likeness (QED) is 0.279. The fourth-order valence-corrected chi connectivity index (χ4v) is 4.71. The predicted octanol–water partition coefficient (Wildman–Crippen LogP) is 3.92. The molecule has 5 atom stereocenters. The molecule has 8 nitrogen and oxygen atoms in total. The van der Waals surface area contributed by atoms with Gasteiger partial charge in [0.25, 0.3) is 0 Å². The molecule has 38 heavy (non-hydrogen) atoms. The van der Waals surface area contributed by atoms with Crippen molar-refractivity contribution in [3.63, 3.8) is 0 Å². The second-order valence-electron chi connectivity index (χ2n) is 9.31. The molecule has 3 aromatic rings. The first kappa shape index (κ1) is 27.9. The molecule has 202 valence electrons. The van der Waals surface area contributed by atoms with Crippen molar-refractivity contribution in [3.8, 4) is 5.75 Å². The van der Waals surface area contributed by atoms with Crippen molar-refractivity contribution in [1.82, 2.24) is 0 Å². The van der Waals surface area contributed by atoms with Gasteiger partial charge in [0.1, 0.15) is 36.3 Å². The van der Waals surface area contributed by atoms with Crippen molar-refractivity contribution >= 4 is 28.9 Å². The van der Waals surface area contributed by atoms with Crippen LogP contribution >= 0.6 is 11.6 Å². The lowest BCUT2D eigenvalue weighted by Crippen LogP contribution is -2.56. The lowest BCUT2D eigenvalue weighted by atomic mass is 9.90. The summed E-state index contributed by atoms with van der Waals surface area (Å²) in [5, 5.41) is 38.5. The molecule has 1 heterocycles. The molecule has 1 amide bonds. The Morgan fingerprint density at radius 1 is 0.974 bits per heavy atom. The van der Waals surface area contributed by atoms with Crippen LogP contribution in [-0.2, 0) is 16.0 Å². The van der Waals surface area contributed by atoms with Crippen molar-refractivity contribution in [3.05, 3.63) is 88.4 Å². The van der Waals surface area contributed by atoms with Gasteiger partial charge in [0.2, 0.25) is 5.91 Å². The molecule has 0 saturated carbocycles. The molecule has 0 bridgehead atoms. The third kappa shape index (κ3) is 6.83. The van der Waals surface area contributed by atoms with Gasteiger partial charge < -0.3 is 35.4 Å². The Labute approximate surface area is 227 Å². The van der Waals surface area contributed by atoms with Crippen LogP contribution < -0.4 is 15.4 Å². The summed E-state index contributed by atoms with van der Waals surface area (Å²) in [7, 11) is 0. The lowest BCUT2D eigenvalue weighted by molar-refractivity contribution is -0.220. The molecule has 1 aliphatic rings. The third-order valence-corrected chi connectivity index (χ3v) is 6.80. The van der Waals surface area contributed by atoms with Gasteiger partial charge in [-0.05, 0) is 66.4 Å². The molecule has 0 spiro atoms. The number of aliphatic hydroxyl groups is 3. The van der Waals surface area contributed by atoms with Gasteiger partial charge in [0.05, 0.1) is 6.61 Å². The molecule has 3 aromatic carbocycles. The highest BCUT2D eigenvalue weighted by Crippen LogP contribution is 2.35. The molecule has 1 fully saturated rings. The molecule has 0 radical (unpaired) electrons. The van der Waals surface area contributed by atoms with Crippen molar-refractivity contribution in [2.45, 2.75) is 50.8 Å². The van der Waals surface area contributed by atoms with Crippen LogP contribution in [0.1, 0.15) is 36.6 Å². The van der Waals surface area contributed by atoms with E-state index in [4.69, 9.17) is 21.1 Å². The van der Waals surface area contributed by atoms with E-state index in [1.54, 1.807) is 30.3 Å². The van der Waals surface area contributed by atoms with Crippen LogP contribution in [0.5, 0.6) is 5.75 Å². The van der Waals surface area contributed by atoms with Gasteiger partial charge in [-0.1, -0.05) is 41.9 Å². The summed E-state index contributed by atoms with van der Waals surface area (Å²) in [4.78, 5) is 11.3. The molecule has 1 aliphatic heterocycles. The third-order valence-electron chi connectivity index (χ3n) is 6.43. The summed E-state index contributed by atoms with van der Waals surface area (Å²) >= 11 is 6.49. The van der Waals surface area contributed by atoms with E-state index in [0.29, 0.717) is 35.0 Å². The van der Waals surface area contributed by atoms with Gasteiger partial charge in [-0.3, -0.25) is 4.79 Å². The number of aliphatic hydroxyl groups excluding tert-OH is 3. The zero-order chi connectivity index (χ0) is 27.2. The largest absolute Gasteiger partial charge is 0.494 e. The standard InChI is InChI=1S/C29H33ClN2O6/c1-3-37-23-10-7-18(8-11-23)13-20-14-19(9-12-24(20)30)29-28(36)27(35)26(34)25(38-29)16-31-21-5-4-6-22(15-21)32-17(2)33/h4-12,14-15,25-29,31,34-36H,3,13,16H2,1-2H3,(H,32,33). The van der Waals surface area contributed by atoms with Crippen LogP contribution in [0.25, 0.3) is 0 Å².